The Bertz CT molecular complexity index is 1090. The molecule has 7 heteroatoms. The summed E-state index contributed by atoms with van der Waals surface area (Å²) in [5.41, 5.74) is 5.52. The quantitative estimate of drug-likeness (QED) is 0.476. The Kier molecular flexibility index (Phi) is 4.77. The summed E-state index contributed by atoms with van der Waals surface area (Å²) >= 11 is 1.52. The molecule has 0 fully saturated rings. The maximum absolute atomic E-state index is 5.81. The molecule has 2 aromatic carbocycles. The molecule has 0 N–H and O–H groups in total. The van der Waals surface area contributed by atoms with Crippen LogP contribution in [0.3, 0.4) is 0 Å². The molecule has 0 atom stereocenters. The summed E-state index contributed by atoms with van der Waals surface area (Å²) in [6, 6.07) is 14.3. The lowest BCUT2D eigenvalue weighted by Crippen LogP contribution is -1.98. The second-order valence-electron chi connectivity index (χ2n) is 6.43. The molecule has 0 spiro atoms. The summed E-state index contributed by atoms with van der Waals surface area (Å²) in [4.78, 5) is 0. The number of hydrogen-bond acceptors (Lipinski definition) is 6. The zero-order chi connectivity index (χ0) is 18.8. The molecule has 2 aromatic heterocycles. The minimum absolute atomic E-state index is 0.530. The Morgan fingerprint density at radius 3 is 2.67 bits per heavy atom. The van der Waals surface area contributed by atoms with Gasteiger partial charge in [-0.1, -0.05) is 41.6 Å². The van der Waals surface area contributed by atoms with Crippen LogP contribution in [0.25, 0.3) is 17.1 Å². The van der Waals surface area contributed by atoms with Gasteiger partial charge in [0.25, 0.3) is 0 Å². The van der Waals surface area contributed by atoms with Crippen LogP contribution in [0.1, 0.15) is 22.6 Å². The zero-order valence-electron chi connectivity index (χ0n) is 15.4. The molecule has 27 heavy (non-hydrogen) atoms. The first-order valence-corrected chi connectivity index (χ1v) is 9.58. The highest BCUT2D eigenvalue weighted by Gasteiger charge is 2.13. The molecule has 6 nitrogen and oxygen atoms in total. The van der Waals surface area contributed by atoms with Crippen LogP contribution in [0, 0.1) is 20.8 Å². The standard InChI is InChI=1S/C20H19N5OS/c1-13-5-4-6-16(9-13)19-23-22-18(26-19)11-27-20-24-21-12-25(20)17-10-14(2)7-8-15(17)3/h4-10,12H,11H2,1-3H3. The van der Waals surface area contributed by atoms with E-state index in [1.54, 1.807) is 6.33 Å². The van der Waals surface area contributed by atoms with Gasteiger partial charge in [0.15, 0.2) is 5.16 Å². The SMILES string of the molecule is Cc1cccc(-c2nnc(CSc3nncn3-c3cc(C)ccc3C)o2)c1. The van der Waals surface area contributed by atoms with Gasteiger partial charge in [-0.25, -0.2) is 0 Å². The fraction of sp³-hybridized carbons (Fsp3) is 0.200. The fourth-order valence-corrected chi connectivity index (χ4v) is 3.56. The maximum atomic E-state index is 5.81. The van der Waals surface area contributed by atoms with Gasteiger partial charge in [-0.15, -0.1) is 20.4 Å². The topological polar surface area (TPSA) is 69.6 Å². The van der Waals surface area contributed by atoms with E-state index in [0.717, 1.165) is 22.0 Å². The molecule has 2 heterocycles. The highest BCUT2D eigenvalue weighted by Crippen LogP contribution is 2.26. The van der Waals surface area contributed by atoms with E-state index in [-0.39, 0.29) is 0 Å². The maximum Gasteiger partial charge on any atom is 0.247 e. The lowest BCUT2D eigenvalue weighted by molar-refractivity contribution is 0.528. The highest BCUT2D eigenvalue weighted by molar-refractivity contribution is 7.98. The summed E-state index contributed by atoms with van der Waals surface area (Å²) in [5, 5.41) is 17.4. The van der Waals surface area contributed by atoms with Gasteiger partial charge in [-0.2, -0.15) is 0 Å². The van der Waals surface area contributed by atoms with E-state index in [4.69, 9.17) is 4.42 Å². The third-order valence-electron chi connectivity index (χ3n) is 4.20. The number of aromatic nitrogens is 5. The van der Waals surface area contributed by atoms with Crippen molar-refractivity contribution in [3.05, 3.63) is 71.4 Å². The number of aryl methyl sites for hydroxylation is 3. The molecule has 0 aliphatic heterocycles. The minimum Gasteiger partial charge on any atom is -0.420 e. The summed E-state index contributed by atoms with van der Waals surface area (Å²) in [7, 11) is 0. The van der Waals surface area contributed by atoms with Crippen LogP contribution in [0.15, 0.2) is 58.4 Å². The predicted molar refractivity (Wildman–Crippen MR) is 105 cm³/mol. The number of benzene rings is 2. The molecule has 0 bridgehead atoms. The van der Waals surface area contributed by atoms with Crippen LogP contribution >= 0.6 is 11.8 Å². The molecule has 136 valence electrons. The molecule has 0 unspecified atom stereocenters. The van der Waals surface area contributed by atoms with Gasteiger partial charge in [0.1, 0.15) is 6.33 Å². The Balaban J connectivity index is 1.52. The Labute approximate surface area is 161 Å². The first-order valence-electron chi connectivity index (χ1n) is 8.60. The molecule has 4 rings (SSSR count). The molecule has 4 aromatic rings. The van der Waals surface area contributed by atoms with Crippen molar-refractivity contribution in [3.63, 3.8) is 0 Å². The molecule has 0 aliphatic carbocycles. The molecule has 0 saturated carbocycles. The van der Waals surface area contributed by atoms with Gasteiger partial charge >= 0.3 is 0 Å². The summed E-state index contributed by atoms with van der Waals surface area (Å²) in [6.07, 6.45) is 1.73. The number of nitrogens with zero attached hydrogens (tertiary/aromatic N) is 5. The number of rotatable bonds is 5. The third kappa shape index (κ3) is 3.78. The predicted octanol–water partition coefficient (Wildman–Crippen LogP) is 4.53. The van der Waals surface area contributed by atoms with Gasteiger partial charge in [0.05, 0.1) is 11.4 Å². The van der Waals surface area contributed by atoms with E-state index >= 15 is 0 Å². The molecule has 0 amide bonds. The van der Waals surface area contributed by atoms with E-state index in [0.29, 0.717) is 17.5 Å². The van der Waals surface area contributed by atoms with E-state index in [1.807, 2.05) is 35.8 Å². The average molecular weight is 377 g/mol. The van der Waals surface area contributed by atoms with Gasteiger partial charge < -0.3 is 4.42 Å². The summed E-state index contributed by atoms with van der Waals surface area (Å²) < 4.78 is 7.80. The number of hydrogen-bond donors (Lipinski definition) is 0. The Hall–Kier alpha value is -2.93. The van der Waals surface area contributed by atoms with Crippen molar-refractivity contribution in [2.24, 2.45) is 0 Å². The van der Waals surface area contributed by atoms with E-state index in [1.165, 1.54) is 22.9 Å². The average Bonchev–Trinajstić information content (AvgIpc) is 3.31. The van der Waals surface area contributed by atoms with Crippen molar-refractivity contribution >= 4 is 11.8 Å². The van der Waals surface area contributed by atoms with Crippen LogP contribution in [0.5, 0.6) is 0 Å². The molecule has 0 aliphatic rings. The molecular formula is C20H19N5OS. The Morgan fingerprint density at radius 1 is 0.963 bits per heavy atom. The number of thioether (sulfide) groups is 1. The van der Waals surface area contributed by atoms with Crippen molar-refractivity contribution in [2.45, 2.75) is 31.7 Å². The van der Waals surface area contributed by atoms with Crippen LogP contribution in [-0.2, 0) is 5.75 Å². The second-order valence-corrected chi connectivity index (χ2v) is 7.38. The van der Waals surface area contributed by atoms with Crippen LogP contribution in [-0.4, -0.2) is 25.0 Å². The van der Waals surface area contributed by atoms with Crippen LogP contribution in [0.4, 0.5) is 0 Å². The zero-order valence-corrected chi connectivity index (χ0v) is 16.2. The van der Waals surface area contributed by atoms with Gasteiger partial charge in [0, 0.05) is 5.56 Å². The van der Waals surface area contributed by atoms with Crippen molar-refractivity contribution in [1.82, 2.24) is 25.0 Å². The molecule has 0 saturated heterocycles. The largest absolute Gasteiger partial charge is 0.420 e. The van der Waals surface area contributed by atoms with Crippen molar-refractivity contribution in [1.29, 1.82) is 0 Å². The minimum atomic E-state index is 0.530. The first-order chi connectivity index (χ1) is 13.1. The van der Waals surface area contributed by atoms with Gasteiger partial charge in [-0.3, -0.25) is 4.57 Å². The normalized spacial score (nSPS) is 11.1. The van der Waals surface area contributed by atoms with E-state index in [2.05, 4.69) is 52.4 Å². The Morgan fingerprint density at radius 2 is 1.81 bits per heavy atom. The third-order valence-corrected chi connectivity index (χ3v) is 5.13. The van der Waals surface area contributed by atoms with Crippen LogP contribution < -0.4 is 0 Å². The monoisotopic (exact) mass is 377 g/mol. The second kappa shape index (κ2) is 7.36. The molecular weight excluding hydrogens is 358 g/mol. The van der Waals surface area contributed by atoms with E-state index < -0.39 is 0 Å². The fourth-order valence-electron chi connectivity index (χ4n) is 2.80. The lowest BCUT2D eigenvalue weighted by Gasteiger charge is -2.09. The van der Waals surface area contributed by atoms with Crippen molar-refractivity contribution in [2.75, 3.05) is 0 Å². The highest BCUT2D eigenvalue weighted by atomic mass is 32.2. The smallest absolute Gasteiger partial charge is 0.247 e. The summed E-state index contributed by atoms with van der Waals surface area (Å²) in [5.74, 6) is 1.62. The first kappa shape index (κ1) is 17.5. The van der Waals surface area contributed by atoms with Gasteiger partial charge in [0.2, 0.25) is 11.8 Å². The van der Waals surface area contributed by atoms with Crippen LogP contribution in [0.2, 0.25) is 0 Å². The molecule has 0 radical (unpaired) electrons. The summed E-state index contributed by atoms with van der Waals surface area (Å²) in [6.45, 7) is 6.19. The van der Waals surface area contributed by atoms with Gasteiger partial charge in [-0.05, 0) is 50.1 Å². The van der Waals surface area contributed by atoms with Crippen molar-refractivity contribution < 1.29 is 4.42 Å². The van der Waals surface area contributed by atoms with E-state index in [9.17, 15) is 0 Å². The van der Waals surface area contributed by atoms with Crippen molar-refractivity contribution in [3.8, 4) is 17.1 Å². The lowest BCUT2D eigenvalue weighted by atomic mass is 10.1.